The second kappa shape index (κ2) is 16.0. The highest BCUT2D eigenvalue weighted by atomic mass is 35.5. The number of hydrogen-bond acceptors (Lipinski definition) is 7. The molecule has 58 heavy (non-hydrogen) atoms. The Balaban J connectivity index is 1.27. The number of fused-ring (bicyclic) bond motifs is 7. The molecule has 6 rings (SSSR count). The van der Waals surface area contributed by atoms with Crippen molar-refractivity contribution in [3.05, 3.63) is 46.0 Å². The van der Waals surface area contributed by atoms with Crippen LogP contribution in [-0.4, -0.2) is 78.2 Å². The van der Waals surface area contributed by atoms with Gasteiger partial charge in [-0.3, -0.25) is 24.1 Å². The second-order valence-electron chi connectivity index (χ2n) is 22.1. The number of ether oxygens (including phenoxy) is 1. The fourth-order valence-electron chi connectivity index (χ4n) is 14.0. The summed E-state index contributed by atoms with van der Waals surface area (Å²) in [5.41, 5.74) is 1.63. The lowest BCUT2D eigenvalue weighted by Crippen LogP contribution is -2.66. The van der Waals surface area contributed by atoms with Crippen molar-refractivity contribution in [2.45, 2.75) is 146 Å². The molecule has 9 heteroatoms. The molecular weight excluding hydrogens is 748 g/mol. The molecule has 0 heterocycles. The number of carbonyl (C=O) groups is 4. The predicted molar refractivity (Wildman–Crippen MR) is 230 cm³/mol. The third-order valence-corrected chi connectivity index (χ3v) is 17.2. The number of esters is 1. The molecule has 8 nitrogen and oxygen atoms in total. The molecule has 4 saturated carbocycles. The quantitative estimate of drug-likeness (QED) is 0.185. The van der Waals surface area contributed by atoms with Crippen LogP contribution in [0.1, 0.15) is 139 Å². The van der Waals surface area contributed by atoms with Crippen molar-refractivity contribution < 1.29 is 29.0 Å². The van der Waals surface area contributed by atoms with Gasteiger partial charge in [-0.05, 0) is 140 Å². The summed E-state index contributed by atoms with van der Waals surface area (Å²) in [6, 6.07) is 7.91. The van der Waals surface area contributed by atoms with Gasteiger partial charge in [0.25, 0.3) is 0 Å². The van der Waals surface area contributed by atoms with Crippen molar-refractivity contribution in [3.8, 4) is 0 Å². The van der Waals surface area contributed by atoms with Gasteiger partial charge in [0, 0.05) is 36.5 Å². The number of rotatable bonds is 14. The molecule has 0 aromatic heterocycles. The number of halogens is 1. The van der Waals surface area contributed by atoms with Crippen molar-refractivity contribution in [1.82, 2.24) is 9.80 Å². The van der Waals surface area contributed by atoms with Crippen LogP contribution in [0.4, 0.5) is 0 Å². The minimum Gasteiger partial charge on any atom is -0.481 e. The van der Waals surface area contributed by atoms with Gasteiger partial charge in [0.05, 0.1) is 24.8 Å². The summed E-state index contributed by atoms with van der Waals surface area (Å²) >= 11 is 6.23. The molecule has 4 fully saturated rings. The molecular formula is C49H73ClN2O6. The molecule has 0 saturated heterocycles. The topological polar surface area (TPSA) is 104 Å². The fourth-order valence-corrected chi connectivity index (χ4v) is 14.1. The zero-order chi connectivity index (χ0) is 42.8. The lowest BCUT2D eigenvalue weighted by molar-refractivity contribution is -0.233. The predicted octanol–water partition coefficient (Wildman–Crippen LogP) is 10.1. The van der Waals surface area contributed by atoms with Crippen LogP contribution in [0.15, 0.2) is 35.4 Å². The number of carbonyl (C=O) groups excluding carboxylic acids is 3. The van der Waals surface area contributed by atoms with Crippen molar-refractivity contribution in [1.29, 1.82) is 0 Å². The number of ketones is 2. The minimum atomic E-state index is -0.903. The van der Waals surface area contributed by atoms with E-state index in [0.29, 0.717) is 36.4 Å². The molecule has 0 bridgehead atoms. The van der Waals surface area contributed by atoms with E-state index in [9.17, 15) is 19.5 Å². The normalized spacial score (nSPS) is 34.4. The maximum Gasteiger partial charge on any atom is 0.306 e. The summed E-state index contributed by atoms with van der Waals surface area (Å²) in [5, 5.41) is 10.1. The molecule has 0 unspecified atom stereocenters. The van der Waals surface area contributed by atoms with E-state index >= 15 is 4.79 Å². The van der Waals surface area contributed by atoms with Gasteiger partial charge in [-0.25, -0.2) is 0 Å². The third kappa shape index (κ3) is 7.90. The number of nitrogens with zero attached hydrogens (tertiary/aromatic N) is 2. The van der Waals surface area contributed by atoms with Gasteiger partial charge in [0.2, 0.25) is 0 Å². The van der Waals surface area contributed by atoms with Crippen LogP contribution >= 0.6 is 11.6 Å². The first-order chi connectivity index (χ1) is 26.9. The van der Waals surface area contributed by atoms with Gasteiger partial charge in [-0.15, -0.1) is 0 Å². The van der Waals surface area contributed by atoms with E-state index in [0.717, 1.165) is 75.6 Å². The van der Waals surface area contributed by atoms with Crippen LogP contribution < -0.4 is 0 Å². The average Bonchev–Trinajstić information content (AvgIpc) is 3.42. The van der Waals surface area contributed by atoms with Gasteiger partial charge >= 0.3 is 11.9 Å². The van der Waals surface area contributed by atoms with E-state index in [1.165, 1.54) is 5.57 Å². The van der Waals surface area contributed by atoms with Crippen molar-refractivity contribution in [2.75, 3.05) is 33.7 Å². The van der Waals surface area contributed by atoms with Gasteiger partial charge in [0.1, 0.15) is 6.10 Å². The first-order valence-corrected chi connectivity index (χ1v) is 22.6. The lowest BCUT2D eigenvalue weighted by atomic mass is 9.33. The summed E-state index contributed by atoms with van der Waals surface area (Å²) in [7, 11) is 4.13. The van der Waals surface area contributed by atoms with Gasteiger partial charge in [-0.1, -0.05) is 86.0 Å². The highest BCUT2D eigenvalue weighted by Gasteiger charge is 2.71. The smallest absolute Gasteiger partial charge is 0.306 e. The highest BCUT2D eigenvalue weighted by molar-refractivity contribution is 6.30. The van der Waals surface area contributed by atoms with Gasteiger partial charge < -0.3 is 14.7 Å². The Morgan fingerprint density at radius 2 is 1.55 bits per heavy atom. The number of Topliss-reactive ketones (excluding diaryl/α,β-unsaturated/α-hetero) is 2. The molecule has 0 spiro atoms. The molecule has 8 atom stereocenters. The second-order valence-corrected chi connectivity index (χ2v) is 22.5. The van der Waals surface area contributed by atoms with E-state index in [1.54, 1.807) is 0 Å². The first kappa shape index (κ1) is 45.0. The van der Waals surface area contributed by atoms with Crippen LogP contribution in [0.25, 0.3) is 0 Å². The van der Waals surface area contributed by atoms with E-state index in [-0.39, 0.29) is 70.0 Å². The largest absolute Gasteiger partial charge is 0.481 e. The molecule has 322 valence electrons. The van der Waals surface area contributed by atoms with Crippen LogP contribution in [-0.2, 0) is 30.5 Å². The monoisotopic (exact) mass is 821 g/mol. The van der Waals surface area contributed by atoms with Crippen molar-refractivity contribution in [3.63, 3.8) is 0 Å². The van der Waals surface area contributed by atoms with Crippen molar-refractivity contribution >= 4 is 35.1 Å². The third-order valence-electron chi connectivity index (χ3n) is 17.0. The van der Waals surface area contributed by atoms with E-state index in [2.05, 4.69) is 72.4 Å². The first-order valence-electron chi connectivity index (χ1n) is 22.2. The molecule has 0 radical (unpaired) electrons. The van der Waals surface area contributed by atoms with E-state index < -0.39 is 16.8 Å². The van der Waals surface area contributed by atoms with Crippen LogP contribution in [0, 0.1) is 56.2 Å². The average molecular weight is 822 g/mol. The van der Waals surface area contributed by atoms with E-state index in [4.69, 9.17) is 16.3 Å². The number of likely N-dealkylation sites (N-methyl/N-ethyl adjacent to an activating group) is 1. The summed E-state index contributed by atoms with van der Waals surface area (Å²) in [5.74, 6) is 0.275. The SMILES string of the molecule is CC(C)C1=C2[C@H]3CC[C@@H]4[C@@]5(C)CC[C@H](OC(=O)CC(C)(C)CC(=O)O)C(C)(C)[C@@H]5CC[C@@]4(C)[C@]3(C)CC[C@@]2(C(=O)CN(CCN(C)C)Cc2ccc(Cl)cc2)CC1=O. The molecule has 1 aromatic carbocycles. The van der Waals surface area contributed by atoms with Gasteiger partial charge in [-0.2, -0.15) is 0 Å². The Morgan fingerprint density at radius 3 is 2.17 bits per heavy atom. The summed E-state index contributed by atoms with van der Waals surface area (Å²) in [4.78, 5) is 58.7. The molecule has 0 aliphatic heterocycles. The fraction of sp³-hybridized carbons (Fsp3) is 0.755. The molecule has 5 aliphatic carbocycles. The van der Waals surface area contributed by atoms with Crippen LogP contribution in [0.2, 0.25) is 5.02 Å². The highest BCUT2D eigenvalue weighted by Crippen LogP contribution is 2.77. The number of carboxylic acids is 1. The maximum atomic E-state index is 15.2. The standard InChI is InChI=1S/C49H73ClN2O6/c1-31(2)42-35(53)26-49(38(54)30-52(25-24-51(10)11)29-32-12-14-33(50)15-13-32)23-22-47(8)34(43(42)49)16-17-37-46(7)20-19-39(45(5,6)36(46)18-21-48(37,47)9)58-41(57)28-44(3,4)27-40(55)56/h12-15,31,34,36-37,39H,16-30H2,1-11H3,(H,55,56)/t34-,36+,37-,39+,46+,47-,48-,49+/m1/s1. The number of aliphatic carboxylic acids is 1. The van der Waals surface area contributed by atoms with Crippen molar-refractivity contribution in [2.24, 2.45) is 56.2 Å². The maximum absolute atomic E-state index is 15.2. The van der Waals surface area contributed by atoms with E-state index in [1.807, 2.05) is 38.1 Å². The Labute approximate surface area is 354 Å². The number of hydrogen-bond donors (Lipinski definition) is 1. The molecule has 0 amide bonds. The van der Waals surface area contributed by atoms with Crippen LogP contribution in [0.5, 0.6) is 0 Å². The Hall–Kier alpha value is -2.55. The Morgan fingerprint density at radius 1 is 0.879 bits per heavy atom. The lowest BCUT2D eigenvalue weighted by Gasteiger charge is -2.72. The minimum absolute atomic E-state index is 0.0177. The number of allylic oxidation sites excluding steroid dienone is 2. The summed E-state index contributed by atoms with van der Waals surface area (Å²) in [6.45, 7) is 22.7. The number of carboxylic acid groups (broad SMARTS) is 1. The summed E-state index contributed by atoms with van der Waals surface area (Å²) < 4.78 is 6.29. The van der Waals surface area contributed by atoms with Crippen LogP contribution in [0.3, 0.4) is 0 Å². The molecule has 5 aliphatic rings. The Bertz CT molecular complexity index is 1800. The summed E-state index contributed by atoms with van der Waals surface area (Å²) in [6.07, 6.45) is 7.71. The molecule has 1 aromatic rings. The Kier molecular flexibility index (Phi) is 12.4. The zero-order valence-electron chi connectivity index (χ0n) is 37.6. The molecule has 1 N–H and O–H groups in total. The van der Waals surface area contributed by atoms with Gasteiger partial charge in [0.15, 0.2) is 11.6 Å². The zero-order valence-corrected chi connectivity index (χ0v) is 38.3. The number of benzene rings is 1.